The Hall–Kier alpha value is -2.18. The highest BCUT2D eigenvalue weighted by atomic mass is 16.2. The first-order chi connectivity index (χ1) is 7.65. The Kier molecular flexibility index (Phi) is 2.43. The van der Waals surface area contributed by atoms with E-state index in [9.17, 15) is 9.59 Å². The third kappa shape index (κ3) is 1.46. The van der Waals surface area contributed by atoms with E-state index in [-0.39, 0.29) is 29.8 Å². The van der Waals surface area contributed by atoms with Crippen molar-refractivity contribution in [3.05, 3.63) is 10.4 Å². The highest BCUT2D eigenvalue weighted by Gasteiger charge is 2.21. The first-order valence-electron chi connectivity index (χ1n) is 4.84. The predicted molar refractivity (Wildman–Crippen MR) is 58.4 cm³/mol. The van der Waals surface area contributed by atoms with Gasteiger partial charge in [0.05, 0.1) is 0 Å². The second-order valence-corrected chi connectivity index (χ2v) is 3.30. The van der Waals surface area contributed by atoms with Crippen LogP contribution in [0, 0.1) is 0 Å². The van der Waals surface area contributed by atoms with Gasteiger partial charge in [-0.2, -0.15) is 4.98 Å². The Bertz CT molecular complexity index is 531. The van der Waals surface area contributed by atoms with E-state index in [1.54, 1.807) is 0 Å². The van der Waals surface area contributed by atoms with Crippen LogP contribution < -0.4 is 16.6 Å². The lowest BCUT2D eigenvalue weighted by Gasteiger charge is -2.07. The summed E-state index contributed by atoms with van der Waals surface area (Å²) in [6.45, 7) is 1.84. The summed E-state index contributed by atoms with van der Waals surface area (Å²) < 4.78 is 0.848. The largest absolute Gasteiger partial charge is 0.369 e. The van der Waals surface area contributed by atoms with Gasteiger partial charge in [-0.1, -0.05) is 6.92 Å². The molecule has 0 bridgehead atoms. The molecule has 1 aromatic heterocycles. The van der Waals surface area contributed by atoms with Crippen LogP contribution in [-0.2, 0) is 0 Å². The lowest BCUT2D eigenvalue weighted by Crippen LogP contribution is -2.29. The van der Waals surface area contributed by atoms with Gasteiger partial charge >= 0.3 is 0 Å². The lowest BCUT2D eigenvalue weighted by atomic mass is 10.3. The first kappa shape index (κ1) is 10.3. The second kappa shape index (κ2) is 3.76. The second-order valence-electron chi connectivity index (χ2n) is 3.30. The molecule has 83 valence electrons. The minimum absolute atomic E-state index is 0.0682. The summed E-state index contributed by atoms with van der Waals surface area (Å²) in [7, 11) is 0. The smallest absolute Gasteiger partial charge is 0.290 e. The number of nitrogens with two attached hydrogens (primary N) is 1. The molecule has 0 aliphatic carbocycles. The van der Waals surface area contributed by atoms with Gasteiger partial charge in [0.25, 0.3) is 5.56 Å². The number of nitrogens with zero attached hydrogens (tertiary/aromatic N) is 4. The number of hydrogen-bond donors (Lipinski definition) is 1. The molecule has 0 saturated carbocycles. The van der Waals surface area contributed by atoms with Crippen LogP contribution in [0.3, 0.4) is 0 Å². The molecular formula is C9H10N5O2. The number of carbonyl (C=O) groups is 1. The molecule has 1 aliphatic heterocycles. The molecular weight excluding hydrogens is 210 g/mol. The number of anilines is 1. The zero-order valence-corrected chi connectivity index (χ0v) is 8.67. The van der Waals surface area contributed by atoms with E-state index in [1.165, 1.54) is 6.34 Å². The van der Waals surface area contributed by atoms with Gasteiger partial charge in [-0.05, 0) is 6.42 Å². The maximum absolute atomic E-state index is 11.8. The van der Waals surface area contributed by atoms with Crippen LogP contribution in [0.5, 0.6) is 0 Å². The third-order valence-corrected chi connectivity index (χ3v) is 2.15. The SMILES string of the molecule is CCCC(=O)n1c(N)nc2c(c1=O)N=C[N]2. The minimum atomic E-state index is -0.557. The molecule has 16 heavy (non-hydrogen) atoms. The summed E-state index contributed by atoms with van der Waals surface area (Å²) in [4.78, 5) is 31.1. The van der Waals surface area contributed by atoms with Gasteiger partial charge in [-0.15, -0.1) is 0 Å². The highest BCUT2D eigenvalue weighted by Crippen LogP contribution is 2.22. The quantitative estimate of drug-likeness (QED) is 0.767. The molecule has 1 radical (unpaired) electrons. The van der Waals surface area contributed by atoms with Crippen LogP contribution in [0.2, 0.25) is 0 Å². The van der Waals surface area contributed by atoms with E-state index in [0.29, 0.717) is 6.42 Å². The molecule has 0 atom stereocenters. The van der Waals surface area contributed by atoms with Gasteiger partial charge in [-0.3, -0.25) is 9.59 Å². The number of aliphatic imine (C=N–C) groups is 1. The Morgan fingerprint density at radius 3 is 3.00 bits per heavy atom. The maximum Gasteiger partial charge on any atom is 0.290 e. The topological polar surface area (TPSA) is 104 Å². The van der Waals surface area contributed by atoms with E-state index in [2.05, 4.69) is 15.3 Å². The zero-order valence-electron chi connectivity index (χ0n) is 8.67. The summed E-state index contributed by atoms with van der Waals surface area (Å²) >= 11 is 0. The molecule has 2 N–H and O–H groups in total. The van der Waals surface area contributed by atoms with Gasteiger partial charge in [0, 0.05) is 6.42 Å². The first-order valence-corrected chi connectivity index (χ1v) is 4.84. The van der Waals surface area contributed by atoms with Crippen LogP contribution in [0.4, 0.5) is 17.5 Å². The van der Waals surface area contributed by atoms with Gasteiger partial charge in [0.2, 0.25) is 11.9 Å². The molecule has 0 spiro atoms. The van der Waals surface area contributed by atoms with Crippen LogP contribution in [0.25, 0.3) is 0 Å². The lowest BCUT2D eigenvalue weighted by molar-refractivity contribution is 0.0899. The van der Waals surface area contributed by atoms with E-state index in [0.717, 1.165) is 4.57 Å². The maximum atomic E-state index is 11.8. The molecule has 0 amide bonds. The minimum Gasteiger partial charge on any atom is -0.369 e. The van der Waals surface area contributed by atoms with Crippen molar-refractivity contribution in [1.82, 2.24) is 14.9 Å². The van der Waals surface area contributed by atoms with Gasteiger partial charge in [0.1, 0.15) is 6.34 Å². The van der Waals surface area contributed by atoms with Crippen molar-refractivity contribution in [2.24, 2.45) is 4.99 Å². The van der Waals surface area contributed by atoms with Crippen LogP contribution in [0.1, 0.15) is 24.6 Å². The van der Waals surface area contributed by atoms with Crippen LogP contribution >= 0.6 is 0 Å². The van der Waals surface area contributed by atoms with Gasteiger partial charge < -0.3 is 5.73 Å². The Balaban J connectivity index is 2.58. The molecule has 0 unspecified atom stereocenters. The average molecular weight is 220 g/mol. The molecule has 2 heterocycles. The normalized spacial score (nSPS) is 12.3. The molecule has 2 rings (SSSR count). The molecule has 0 fully saturated rings. The fraction of sp³-hybridized carbons (Fsp3) is 0.333. The van der Waals surface area contributed by atoms with E-state index >= 15 is 0 Å². The summed E-state index contributed by atoms with van der Waals surface area (Å²) in [5.41, 5.74) is 5.05. The van der Waals surface area contributed by atoms with E-state index in [1.807, 2.05) is 6.92 Å². The summed E-state index contributed by atoms with van der Waals surface area (Å²) in [6.07, 6.45) is 2.09. The Morgan fingerprint density at radius 1 is 1.56 bits per heavy atom. The van der Waals surface area contributed by atoms with Crippen molar-refractivity contribution >= 4 is 29.7 Å². The molecule has 0 saturated heterocycles. The summed E-state index contributed by atoms with van der Waals surface area (Å²) in [6, 6.07) is 0. The van der Waals surface area contributed by atoms with Crippen molar-refractivity contribution in [3.8, 4) is 0 Å². The van der Waals surface area contributed by atoms with Crippen LogP contribution in [-0.4, -0.2) is 21.8 Å². The molecule has 7 nitrogen and oxygen atoms in total. The fourth-order valence-corrected chi connectivity index (χ4v) is 1.43. The van der Waals surface area contributed by atoms with Crippen molar-refractivity contribution in [2.45, 2.75) is 19.8 Å². The predicted octanol–water partition coefficient (Wildman–Crippen LogP) is 0.175. The van der Waals surface area contributed by atoms with Crippen molar-refractivity contribution < 1.29 is 4.79 Å². The Labute approximate surface area is 91.0 Å². The zero-order chi connectivity index (χ0) is 11.7. The number of rotatable bonds is 2. The highest BCUT2D eigenvalue weighted by molar-refractivity contribution is 5.85. The number of hydrogen-bond acceptors (Lipinski definition) is 5. The monoisotopic (exact) mass is 220 g/mol. The third-order valence-electron chi connectivity index (χ3n) is 2.15. The van der Waals surface area contributed by atoms with Crippen molar-refractivity contribution in [2.75, 3.05) is 5.73 Å². The number of carbonyl (C=O) groups excluding carboxylic acids is 1. The molecule has 1 aromatic rings. The molecule has 0 aromatic carbocycles. The summed E-state index contributed by atoms with van der Waals surface area (Å²) in [5, 5.41) is 3.76. The van der Waals surface area contributed by atoms with E-state index in [4.69, 9.17) is 5.73 Å². The van der Waals surface area contributed by atoms with Crippen molar-refractivity contribution in [1.29, 1.82) is 0 Å². The Morgan fingerprint density at radius 2 is 2.31 bits per heavy atom. The van der Waals surface area contributed by atoms with Gasteiger partial charge in [0.15, 0.2) is 11.5 Å². The molecule has 1 aliphatic rings. The van der Waals surface area contributed by atoms with Crippen molar-refractivity contribution in [3.63, 3.8) is 0 Å². The van der Waals surface area contributed by atoms with E-state index < -0.39 is 5.56 Å². The number of fused-ring (bicyclic) bond motifs is 1. The number of aromatic nitrogens is 2. The fourth-order valence-electron chi connectivity index (χ4n) is 1.43. The van der Waals surface area contributed by atoms with Crippen LogP contribution in [0.15, 0.2) is 9.79 Å². The average Bonchev–Trinajstić information content (AvgIpc) is 2.66. The van der Waals surface area contributed by atoms with Gasteiger partial charge in [-0.25, -0.2) is 14.9 Å². The molecule has 7 heteroatoms. The summed E-state index contributed by atoms with van der Waals surface area (Å²) in [5.74, 6) is -0.345. The standard InChI is InChI=1S/C9H10N5O2/c1-2-3-5(15)14-8(16)6-7(12-4-11-6)13-9(14)10/h4H,2-3H2,1H3,(H2,10,13). The number of nitrogen functional groups attached to an aromatic ring is 1.